The summed E-state index contributed by atoms with van der Waals surface area (Å²) in [7, 11) is 1.71. The van der Waals surface area contributed by atoms with Crippen LogP contribution in [0.5, 0.6) is 0 Å². The number of ether oxygens (including phenoxy) is 1. The van der Waals surface area contributed by atoms with E-state index in [0.29, 0.717) is 0 Å². The van der Waals surface area contributed by atoms with Crippen molar-refractivity contribution in [1.82, 2.24) is 9.55 Å². The first-order chi connectivity index (χ1) is 9.61. The van der Waals surface area contributed by atoms with E-state index >= 15 is 0 Å². The van der Waals surface area contributed by atoms with Crippen LogP contribution in [0.15, 0.2) is 24.4 Å². The first-order valence-electron chi connectivity index (χ1n) is 6.67. The lowest BCUT2D eigenvalue weighted by Crippen LogP contribution is -2.09. The zero-order chi connectivity index (χ0) is 14.5. The Morgan fingerprint density at radius 3 is 2.85 bits per heavy atom. The maximum absolute atomic E-state index is 6.20. The molecule has 108 valence electrons. The molecule has 1 heterocycles. The normalized spacial score (nSPS) is 10.8. The van der Waals surface area contributed by atoms with E-state index in [-0.39, 0.29) is 0 Å². The molecule has 0 aliphatic rings. The van der Waals surface area contributed by atoms with Gasteiger partial charge in [-0.1, -0.05) is 17.7 Å². The number of halogens is 1. The molecule has 0 unspecified atom stereocenters. The molecule has 0 radical (unpaired) electrons. The van der Waals surface area contributed by atoms with Crippen LogP contribution in [0.2, 0.25) is 5.02 Å². The minimum atomic E-state index is 0.739. The number of nitrogens with one attached hydrogen (secondary N) is 1. The predicted octanol–water partition coefficient (Wildman–Crippen LogP) is 3.59. The number of benzene rings is 1. The molecule has 1 N–H and O–H groups in total. The van der Waals surface area contributed by atoms with Crippen molar-refractivity contribution in [3.63, 3.8) is 0 Å². The van der Waals surface area contributed by atoms with Crippen molar-refractivity contribution in [1.29, 1.82) is 0 Å². The minimum absolute atomic E-state index is 0.739. The third kappa shape index (κ3) is 3.52. The number of methoxy groups -OCH3 is 1. The minimum Gasteiger partial charge on any atom is -0.385 e. The van der Waals surface area contributed by atoms with Crippen molar-refractivity contribution in [2.45, 2.75) is 20.3 Å². The molecule has 0 aliphatic heterocycles. The fourth-order valence-electron chi connectivity index (χ4n) is 1.97. The van der Waals surface area contributed by atoms with Gasteiger partial charge in [0.1, 0.15) is 0 Å². The second-order valence-corrected chi connectivity index (χ2v) is 5.19. The highest BCUT2D eigenvalue weighted by Gasteiger charge is 2.08. The van der Waals surface area contributed by atoms with Gasteiger partial charge in [-0.3, -0.25) is 4.57 Å². The van der Waals surface area contributed by atoms with Crippen LogP contribution in [-0.4, -0.2) is 29.8 Å². The number of aryl methyl sites for hydroxylation is 2. The van der Waals surface area contributed by atoms with E-state index < -0.39 is 0 Å². The van der Waals surface area contributed by atoms with Gasteiger partial charge in [-0.15, -0.1) is 0 Å². The summed E-state index contributed by atoms with van der Waals surface area (Å²) < 4.78 is 7.07. The highest BCUT2D eigenvalue weighted by molar-refractivity contribution is 6.31. The molecule has 0 aliphatic carbocycles. The Hall–Kier alpha value is -1.52. The van der Waals surface area contributed by atoms with Crippen LogP contribution < -0.4 is 5.32 Å². The molecule has 0 saturated carbocycles. The lowest BCUT2D eigenvalue weighted by Gasteiger charge is -2.10. The SMILES string of the molecule is COCCCNc1nc(C)cn1-c1ccc(C)c(Cl)c1. The third-order valence-electron chi connectivity index (χ3n) is 3.07. The molecule has 0 saturated heterocycles. The molecule has 2 aromatic rings. The number of hydrogen-bond donors (Lipinski definition) is 1. The largest absolute Gasteiger partial charge is 0.385 e. The molecule has 0 atom stereocenters. The van der Waals surface area contributed by atoms with E-state index in [9.17, 15) is 0 Å². The zero-order valence-electron chi connectivity index (χ0n) is 12.1. The zero-order valence-corrected chi connectivity index (χ0v) is 12.9. The lowest BCUT2D eigenvalue weighted by atomic mass is 10.2. The number of anilines is 1. The summed E-state index contributed by atoms with van der Waals surface area (Å²) in [4.78, 5) is 4.50. The predicted molar refractivity (Wildman–Crippen MR) is 83.0 cm³/mol. The van der Waals surface area contributed by atoms with Gasteiger partial charge in [0.05, 0.1) is 5.69 Å². The lowest BCUT2D eigenvalue weighted by molar-refractivity contribution is 0.197. The summed E-state index contributed by atoms with van der Waals surface area (Å²) in [5, 5.41) is 4.09. The summed E-state index contributed by atoms with van der Waals surface area (Å²) in [5.41, 5.74) is 3.05. The van der Waals surface area contributed by atoms with E-state index in [1.54, 1.807) is 7.11 Å². The molecule has 0 amide bonds. The van der Waals surface area contributed by atoms with Crippen molar-refractivity contribution in [3.8, 4) is 5.69 Å². The number of hydrogen-bond acceptors (Lipinski definition) is 3. The van der Waals surface area contributed by atoms with E-state index in [1.165, 1.54) is 0 Å². The third-order valence-corrected chi connectivity index (χ3v) is 3.48. The Bertz CT molecular complexity index is 580. The van der Waals surface area contributed by atoms with Crippen LogP contribution in [0.3, 0.4) is 0 Å². The second kappa shape index (κ2) is 6.77. The monoisotopic (exact) mass is 293 g/mol. The molecule has 0 fully saturated rings. The number of imidazole rings is 1. The fraction of sp³-hybridized carbons (Fsp3) is 0.400. The van der Waals surface area contributed by atoms with Crippen molar-refractivity contribution < 1.29 is 4.74 Å². The fourth-order valence-corrected chi connectivity index (χ4v) is 2.14. The topological polar surface area (TPSA) is 39.1 Å². The average molecular weight is 294 g/mol. The van der Waals surface area contributed by atoms with Crippen molar-refractivity contribution in [2.75, 3.05) is 25.6 Å². The first kappa shape index (κ1) is 14.9. The van der Waals surface area contributed by atoms with Crippen LogP contribution in [-0.2, 0) is 4.74 Å². The standard InChI is InChI=1S/C15H20ClN3O/c1-11-5-6-13(9-14(11)16)19-10-12(2)18-15(19)17-7-4-8-20-3/h5-6,9-10H,4,7-8H2,1-3H3,(H,17,18). The van der Waals surface area contributed by atoms with Gasteiger partial charge in [0.2, 0.25) is 5.95 Å². The van der Waals surface area contributed by atoms with Gasteiger partial charge in [-0.25, -0.2) is 4.98 Å². The van der Waals surface area contributed by atoms with E-state index in [1.807, 2.05) is 42.8 Å². The van der Waals surface area contributed by atoms with Gasteiger partial charge in [-0.2, -0.15) is 0 Å². The number of nitrogens with zero attached hydrogens (tertiary/aromatic N) is 2. The van der Waals surface area contributed by atoms with Crippen molar-refractivity contribution in [2.24, 2.45) is 0 Å². The molecule has 0 bridgehead atoms. The van der Waals surface area contributed by atoms with Crippen LogP contribution in [0.4, 0.5) is 5.95 Å². The summed E-state index contributed by atoms with van der Waals surface area (Å²) in [6.45, 7) is 5.54. The highest BCUT2D eigenvalue weighted by atomic mass is 35.5. The molecule has 0 spiro atoms. The Balaban J connectivity index is 2.20. The van der Waals surface area contributed by atoms with Gasteiger partial charge in [0, 0.05) is 37.2 Å². The first-order valence-corrected chi connectivity index (χ1v) is 7.05. The van der Waals surface area contributed by atoms with Gasteiger partial charge in [0.25, 0.3) is 0 Å². The summed E-state index contributed by atoms with van der Waals surface area (Å²) in [5.74, 6) is 0.832. The van der Waals surface area contributed by atoms with Crippen LogP contribution >= 0.6 is 11.6 Å². The van der Waals surface area contributed by atoms with E-state index in [0.717, 1.165) is 47.5 Å². The summed E-state index contributed by atoms with van der Waals surface area (Å²) >= 11 is 6.20. The average Bonchev–Trinajstić information content (AvgIpc) is 2.79. The van der Waals surface area contributed by atoms with Crippen LogP contribution in [0.25, 0.3) is 5.69 Å². The van der Waals surface area contributed by atoms with Crippen molar-refractivity contribution >= 4 is 17.5 Å². The summed E-state index contributed by atoms with van der Waals surface area (Å²) in [6.07, 6.45) is 2.94. The van der Waals surface area contributed by atoms with Gasteiger partial charge >= 0.3 is 0 Å². The Morgan fingerprint density at radius 1 is 1.35 bits per heavy atom. The number of aromatic nitrogens is 2. The molecule has 1 aromatic carbocycles. The molecule has 1 aromatic heterocycles. The van der Waals surface area contributed by atoms with Gasteiger partial charge in [0.15, 0.2) is 0 Å². The molecule has 4 nitrogen and oxygen atoms in total. The highest BCUT2D eigenvalue weighted by Crippen LogP contribution is 2.22. The smallest absolute Gasteiger partial charge is 0.207 e. The quantitative estimate of drug-likeness (QED) is 0.827. The summed E-state index contributed by atoms with van der Waals surface area (Å²) in [6, 6.07) is 6.02. The van der Waals surface area contributed by atoms with E-state index in [2.05, 4.69) is 10.3 Å². The second-order valence-electron chi connectivity index (χ2n) is 4.78. The van der Waals surface area contributed by atoms with Crippen LogP contribution in [0.1, 0.15) is 17.7 Å². The van der Waals surface area contributed by atoms with Crippen LogP contribution in [0, 0.1) is 13.8 Å². The molecule has 5 heteroatoms. The maximum atomic E-state index is 6.20. The van der Waals surface area contributed by atoms with Gasteiger partial charge in [-0.05, 0) is 38.0 Å². The van der Waals surface area contributed by atoms with E-state index in [4.69, 9.17) is 16.3 Å². The Labute approximate surface area is 124 Å². The Kier molecular flexibility index (Phi) is 5.04. The van der Waals surface area contributed by atoms with Gasteiger partial charge < -0.3 is 10.1 Å². The molecule has 20 heavy (non-hydrogen) atoms. The molecular weight excluding hydrogens is 274 g/mol. The van der Waals surface area contributed by atoms with Crippen molar-refractivity contribution in [3.05, 3.63) is 40.7 Å². The molecular formula is C15H20ClN3O. The Morgan fingerprint density at radius 2 is 2.15 bits per heavy atom. The maximum Gasteiger partial charge on any atom is 0.207 e. The number of rotatable bonds is 6. The molecule has 2 rings (SSSR count).